The van der Waals surface area contributed by atoms with Crippen molar-refractivity contribution in [2.45, 2.75) is 19.2 Å². The molecular weight excluding hydrogens is 406 g/mol. The van der Waals surface area contributed by atoms with Gasteiger partial charge in [-0.25, -0.2) is 0 Å². The van der Waals surface area contributed by atoms with E-state index >= 15 is 0 Å². The minimum Gasteiger partial charge on any atom is -0.493 e. The molecule has 0 aromatic heterocycles. The number of hydrogen-bond acceptors (Lipinski definition) is 7. The summed E-state index contributed by atoms with van der Waals surface area (Å²) in [5.41, 5.74) is 2.38. The molecule has 0 saturated carbocycles. The Kier molecular flexibility index (Phi) is 9.77. The van der Waals surface area contributed by atoms with Crippen molar-refractivity contribution >= 4 is 0 Å². The van der Waals surface area contributed by atoms with Crippen LogP contribution in [0, 0.1) is 0 Å². The van der Waals surface area contributed by atoms with Crippen molar-refractivity contribution in [1.29, 1.82) is 0 Å². The molecule has 1 heterocycles. The van der Waals surface area contributed by atoms with Crippen LogP contribution in [-0.2, 0) is 13.1 Å². The van der Waals surface area contributed by atoms with E-state index in [0.717, 1.165) is 51.4 Å². The number of likely N-dealkylation sites (N-methyl/N-ethyl adjacent to an activating group) is 1. The molecular formula is C25H37N3O4. The molecule has 1 saturated heterocycles. The van der Waals surface area contributed by atoms with Gasteiger partial charge in [0, 0.05) is 52.4 Å². The number of ether oxygens (including phenoxy) is 2. The highest BCUT2D eigenvalue weighted by Gasteiger charge is 2.18. The highest BCUT2D eigenvalue weighted by molar-refractivity contribution is 5.43. The third-order valence-electron chi connectivity index (χ3n) is 5.76. The molecule has 176 valence electrons. The van der Waals surface area contributed by atoms with Gasteiger partial charge in [0.15, 0.2) is 11.5 Å². The van der Waals surface area contributed by atoms with E-state index in [1.165, 1.54) is 5.56 Å². The first-order valence-corrected chi connectivity index (χ1v) is 11.3. The normalized spacial score (nSPS) is 16.3. The molecule has 32 heavy (non-hydrogen) atoms. The van der Waals surface area contributed by atoms with E-state index in [4.69, 9.17) is 14.6 Å². The summed E-state index contributed by atoms with van der Waals surface area (Å²) < 4.78 is 11.4. The Morgan fingerprint density at radius 3 is 2.38 bits per heavy atom. The van der Waals surface area contributed by atoms with Crippen LogP contribution < -0.4 is 9.47 Å². The Hall–Kier alpha value is -2.16. The largest absolute Gasteiger partial charge is 0.493 e. The van der Waals surface area contributed by atoms with Crippen LogP contribution in [-0.4, -0.2) is 97.7 Å². The zero-order chi connectivity index (χ0) is 22.8. The lowest BCUT2D eigenvalue weighted by molar-refractivity contribution is 0.0731. The van der Waals surface area contributed by atoms with E-state index in [9.17, 15) is 5.11 Å². The number of hydrogen-bond donors (Lipinski definition) is 2. The van der Waals surface area contributed by atoms with Gasteiger partial charge in [0.2, 0.25) is 0 Å². The van der Waals surface area contributed by atoms with Crippen LogP contribution in [0.1, 0.15) is 11.1 Å². The quantitative estimate of drug-likeness (QED) is 0.517. The number of β-amino-alcohol motifs (C(OH)–C–C–N with tert-alkyl or cyclic N) is 1. The summed E-state index contributed by atoms with van der Waals surface area (Å²) in [6.45, 7) is 7.23. The van der Waals surface area contributed by atoms with Gasteiger partial charge in [0.1, 0.15) is 12.7 Å². The van der Waals surface area contributed by atoms with Crippen LogP contribution in [0.5, 0.6) is 11.5 Å². The second-order valence-electron chi connectivity index (χ2n) is 8.47. The first kappa shape index (κ1) is 24.5. The van der Waals surface area contributed by atoms with Crippen molar-refractivity contribution in [3.05, 3.63) is 59.7 Å². The van der Waals surface area contributed by atoms with Crippen LogP contribution >= 0.6 is 0 Å². The Balaban J connectivity index is 1.49. The fourth-order valence-corrected chi connectivity index (χ4v) is 4.06. The molecule has 0 bridgehead atoms. The third kappa shape index (κ3) is 7.76. The molecule has 7 heteroatoms. The third-order valence-corrected chi connectivity index (χ3v) is 5.76. The van der Waals surface area contributed by atoms with Crippen LogP contribution in [0.15, 0.2) is 48.5 Å². The molecule has 1 aliphatic heterocycles. The highest BCUT2D eigenvalue weighted by Crippen LogP contribution is 2.29. The Morgan fingerprint density at radius 2 is 1.69 bits per heavy atom. The van der Waals surface area contributed by atoms with Gasteiger partial charge in [-0.15, -0.1) is 0 Å². The zero-order valence-electron chi connectivity index (χ0n) is 19.3. The average Bonchev–Trinajstić information content (AvgIpc) is 2.80. The van der Waals surface area contributed by atoms with E-state index in [1.807, 2.05) is 37.4 Å². The summed E-state index contributed by atoms with van der Waals surface area (Å²) >= 11 is 0. The molecule has 0 aliphatic carbocycles. The second-order valence-corrected chi connectivity index (χ2v) is 8.47. The van der Waals surface area contributed by atoms with E-state index in [-0.39, 0.29) is 13.2 Å². The van der Waals surface area contributed by atoms with Gasteiger partial charge >= 0.3 is 0 Å². The van der Waals surface area contributed by atoms with E-state index in [2.05, 4.69) is 32.9 Å². The molecule has 0 amide bonds. The molecule has 1 fully saturated rings. The summed E-state index contributed by atoms with van der Waals surface area (Å²) in [4.78, 5) is 6.79. The lowest BCUT2D eigenvalue weighted by Gasteiger charge is -2.34. The first-order valence-electron chi connectivity index (χ1n) is 11.3. The maximum Gasteiger partial charge on any atom is 0.161 e. The number of nitrogens with zero attached hydrogens (tertiary/aromatic N) is 3. The molecule has 2 aromatic carbocycles. The topological polar surface area (TPSA) is 68.6 Å². The average molecular weight is 444 g/mol. The molecule has 2 N–H and O–H groups in total. The van der Waals surface area contributed by atoms with Crippen LogP contribution in [0.4, 0.5) is 0 Å². The van der Waals surface area contributed by atoms with Gasteiger partial charge in [0.25, 0.3) is 0 Å². The fraction of sp³-hybridized carbons (Fsp3) is 0.520. The fourth-order valence-electron chi connectivity index (χ4n) is 4.06. The zero-order valence-corrected chi connectivity index (χ0v) is 19.3. The van der Waals surface area contributed by atoms with Gasteiger partial charge in [-0.3, -0.25) is 14.7 Å². The van der Waals surface area contributed by atoms with Crippen LogP contribution in [0.3, 0.4) is 0 Å². The van der Waals surface area contributed by atoms with Gasteiger partial charge in [0.05, 0.1) is 13.7 Å². The minimum absolute atomic E-state index is 0.207. The molecule has 1 atom stereocenters. The maximum atomic E-state index is 10.5. The number of methoxy groups -OCH3 is 1. The molecule has 7 nitrogen and oxygen atoms in total. The van der Waals surface area contributed by atoms with Crippen molar-refractivity contribution in [3.8, 4) is 11.5 Å². The van der Waals surface area contributed by atoms with Crippen molar-refractivity contribution in [2.24, 2.45) is 0 Å². The van der Waals surface area contributed by atoms with Gasteiger partial charge in [-0.2, -0.15) is 0 Å². The van der Waals surface area contributed by atoms with Crippen LogP contribution in [0.25, 0.3) is 0 Å². The predicted octanol–water partition coefficient (Wildman–Crippen LogP) is 1.68. The summed E-state index contributed by atoms with van der Waals surface area (Å²) in [5, 5.41) is 19.6. The molecule has 0 spiro atoms. The number of benzene rings is 2. The van der Waals surface area contributed by atoms with E-state index in [1.54, 1.807) is 7.11 Å². The number of aliphatic hydroxyl groups is 2. The predicted molar refractivity (Wildman–Crippen MR) is 126 cm³/mol. The van der Waals surface area contributed by atoms with Crippen molar-refractivity contribution in [1.82, 2.24) is 14.7 Å². The maximum absolute atomic E-state index is 10.5. The minimum atomic E-state index is -0.600. The molecule has 1 aliphatic rings. The van der Waals surface area contributed by atoms with Gasteiger partial charge in [-0.1, -0.05) is 36.4 Å². The standard InChI is InChI=1S/C25H37N3O4/c1-26(17-21-6-4-3-5-7-21)19-23(30)20-32-25-16-22(8-9-24(25)31-2)18-28-12-10-27(11-13-28)14-15-29/h3-9,16,23,29-30H,10-15,17-20H2,1-2H3/t23-/m1/s1. The molecule has 0 unspecified atom stereocenters. The molecule has 0 radical (unpaired) electrons. The Labute approximate surface area is 191 Å². The second kappa shape index (κ2) is 12.8. The van der Waals surface area contributed by atoms with Crippen molar-refractivity contribution in [2.75, 3.05) is 66.6 Å². The lowest BCUT2D eigenvalue weighted by Crippen LogP contribution is -2.46. The lowest BCUT2D eigenvalue weighted by atomic mass is 10.1. The SMILES string of the molecule is COc1ccc(CN2CCN(CCO)CC2)cc1OC[C@H](O)CN(C)Cc1ccccc1. The highest BCUT2D eigenvalue weighted by atomic mass is 16.5. The van der Waals surface area contributed by atoms with E-state index < -0.39 is 6.10 Å². The van der Waals surface area contributed by atoms with Gasteiger partial charge < -0.3 is 19.7 Å². The summed E-state index contributed by atoms with van der Waals surface area (Å²) in [6, 6.07) is 16.2. The molecule has 3 rings (SSSR count). The smallest absolute Gasteiger partial charge is 0.161 e. The van der Waals surface area contributed by atoms with Crippen molar-refractivity contribution < 1.29 is 19.7 Å². The van der Waals surface area contributed by atoms with E-state index in [0.29, 0.717) is 18.0 Å². The van der Waals surface area contributed by atoms with Crippen LogP contribution in [0.2, 0.25) is 0 Å². The van der Waals surface area contributed by atoms with Gasteiger partial charge in [-0.05, 0) is 30.3 Å². The summed E-state index contributed by atoms with van der Waals surface area (Å²) in [7, 11) is 3.63. The summed E-state index contributed by atoms with van der Waals surface area (Å²) in [6.07, 6.45) is -0.600. The summed E-state index contributed by atoms with van der Waals surface area (Å²) in [5.74, 6) is 1.33. The Bertz CT molecular complexity index is 797. The Morgan fingerprint density at radius 1 is 0.969 bits per heavy atom. The number of aliphatic hydroxyl groups excluding tert-OH is 2. The van der Waals surface area contributed by atoms with Crippen molar-refractivity contribution in [3.63, 3.8) is 0 Å². The monoisotopic (exact) mass is 443 g/mol. The molecule has 2 aromatic rings. The first-order chi connectivity index (χ1) is 15.6. The number of piperazine rings is 1. The number of rotatable bonds is 12.